The lowest BCUT2D eigenvalue weighted by atomic mass is 10.00. The summed E-state index contributed by atoms with van der Waals surface area (Å²) in [7, 11) is 0. The molecule has 6 heteroatoms. The molecule has 2 atom stereocenters. The molecule has 1 saturated heterocycles. The van der Waals surface area contributed by atoms with E-state index in [4.69, 9.17) is 4.74 Å². The molecule has 3 rings (SSSR count). The number of nitrogens with one attached hydrogen (secondary N) is 1. The largest absolute Gasteiger partial charge is 0.444 e. The Labute approximate surface area is 159 Å². The van der Waals surface area contributed by atoms with Gasteiger partial charge in [0.2, 0.25) is 5.91 Å². The molecule has 2 amide bonds. The second-order valence-corrected chi connectivity index (χ2v) is 10.1. The Balaban J connectivity index is 1.76. The quantitative estimate of drug-likeness (QED) is 0.851. The number of amides is 2. The van der Waals surface area contributed by atoms with Crippen molar-refractivity contribution < 1.29 is 14.3 Å². The molecule has 1 aliphatic carbocycles. The summed E-state index contributed by atoms with van der Waals surface area (Å²) in [6.07, 6.45) is 1.44. The number of carbonyl (C=O) groups is 2. The maximum Gasteiger partial charge on any atom is 0.411 e. The van der Waals surface area contributed by atoms with Gasteiger partial charge in [0.25, 0.3) is 0 Å². The Kier molecular flexibility index (Phi) is 4.99. The SMILES string of the molecule is CC(C)(C)OC(=O)N1CSC(C)(C)[C@H]1C(=O)N[C@@H]1CCc2ccccc21. The molecule has 0 bridgehead atoms. The van der Waals surface area contributed by atoms with Gasteiger partial charge in [-0.2, -0.15) is 0 Å². The molecule has 142 valence electrons. The molecule has 2 aliphatic rings. The number of fused-ring (bicyclic) bond motifs is 1. The third-order valence-electron chi connectivity index (χ3n) is 4.87. The van der Waals surface area contributed by atoms with Gasteiger partial charge in [-0.15, -0.1) is 11.8 Å². The zero-order valence-electron chi connectivity index (χ0n) is 16.2. The summed E-state index contributed by atoms with van der Waals surface area (Å²) in [5.74, 6) is 0.355. The molecule has 1 N–H and O–H groups in total. The first-order chi connectivity index (χ1) is 12.1. The minimum Gasteiger partial charge on any atom is -0.444 e. The molecule has 1 aromatic carbocycles. The van der Waals surface area contributed by atoms with E-state index in [2.05, 4.69) is 17.4 Å². The first-order valence-electron chi connectivity index (χ1n) is 9.10. The van der Waals surface area contributed by atoms with Crippen molar-refractivity contribution in [3.63, 3.8) is 0 Å². The lowest BCUT2D eigenvalue weighted by Crippen LogP contribution is -2.54. The molecule has 0 unspecified atom stereocenters. The zero-order valence-corrected chi connectivity index (χ0v) is 17.0. The van der Waals surface area contributed by atoms with E-state index in [0.29, 0.717) is 5.88 Å². The van der Waals surface area contributed by atoms with Crippen LogP contribution < -0.4 is 5.32 Å². The van der Waals surface area contributed by atoms with Crippen LogP contribution in [0.5, 0.6) is 0 Å². The van der Waals surface area contributed by atoms with Crippen molar-refractivity contribution in [1.29, 1.82) is 0 Å². The average Bonchev–Trinajstić information content (AvgIpc) is 3.06. The van der Waals surface area contributed by atoms with E-state index in [1.54, 1.807) is 16.7 Å². The first-order valence-corrected chi connectivity index (χ1v) is 10.1. The van der Waals surface area contributed by atoms with Gasteiger partial charge < -0.3 is 10.1 Å². The third kappa shape index (κ3) is 3.85. The van der Waals surface area contributed by atoms with Crippen LogP contribution in [0.3, 0.4) is 0 Å². The van der Waals surface area contributed by atoms with Crippen molar-refractivity contribution in [2.45, 2.75) is 69.9 Å². The van der Waals surface area contributed by atoms with E-state index in [1.165, 1.54) is 11.1 Å². The first kappa shape index (κ1) is 19.1. The van der Waals surface area contributed by atoms with Gasteiger partial charge in [-0.25, -0.2) is 4.79 Å². The molecule has 1 heterocycles. The summed E-state index contributed by atoms with van der Waals surface area (Å²) in [4.78, 5) is 27.3. The van der Waals surface area contributed by atoms with Crippen molar-refractivity contribution in [1.82, 2.24) is 10.2 Å². The van der Waals surface area contributed by atoms with Gasteiger partial charge in [-0.3, -0.25) is 9.69 Å². The molecule has 5 nitrogen and oxygen atoms in total. The van der Waals surface area contributed by atoms with Crippen LogP contribution in [0.25, 0.3) is 0 Å². The molecule has 0 saturated carbocycles. The number of carbonyl (C=O) groups excluding carboxylic acids is 2. The second-order valence-electron chi connectivity index (χ2n) is 8.53. The average molecular weight is 377 g/mol. The van der Waals surface area contributed by atoms with Gasteiger partial charge in [0, 0.05) is 4.75 Å². The predicted octanol–water partition coefficient (Wildman–Crippen LogP) is 3.88. The molecule has 26 heavy (non-hydrogen) atoms. The zero-order chi connectivity index (χ0) is 19.1. The van der Waals surface area contributed by atoms with Crippen molar-refractivity contribution >= 4 is 23.8 Å². The van der Waals surface area contributed by atoms with E-state index in [1.807, 2.05) is 46.8 Å². The van der Waals surface area contributed by atoms with Crippen LogP contribution in [0.2, 0.25) is 0 Å². The van der Waals surface area contributed by atoms with Crippen LogP contribution >= 0.6 is 11.8 Å². The predicted molar refractivity (Wildman–Crippen MR) is 104 cm³/mol. The minimum absolute atomic E-state index is 0.0144. The highest BCUT2D eigenvalue weighted by Crippen LogP contribution is 2.41. The molecular weight excluding hydrogens is 348 g/mol. The van der Waals surface area contributed by atoms with Crippen LogP contribution in [0, 0.1) is 0 Å². The monoisotopic (exact) mass is 376 g/mol. The Bertz CT molecular complexity index is 711. The summed E-state index contributed by atoms with van der Waals surface area (Å²) in [6.45, 7) is 9.53. The van der Waals surface area contributed by atoms with Gasteiger partial charge in [0.1, 0.15) is 11.6 Å². The van der Waals surface area contributed by atoms with Crippen molar-refractivity contribution in [3.8, 4) is 0 Å². The van der Waals surface area contributed by atoms with Crippen molar-refractivity contribution in [3.05, 3.63) is 35.4 Å². The summed E-state index contributed by atoms with van der Waals surface area (Å²) in [5.41, 5.74) is 1.90. The van der Waals surface area contributed by atoms with E-state index < -0.39 is 17.7 Å². The summed E-state index contributed by atoms with van der Waals surface area (Å²) in [5, 5.41) is 3.18. The number of rotatable bonds is 2. The number of hydrogen-bond donors (Lipinski definition) is 1. The normalized spacial score (nSPS) is 24.3. The molecule has 0 radical (unpaired) electrons. The van der Waals surface area contributed by atoms with Gasteiger partial charge in [-0.1, -0.05) is 24.3 Å². The Morgan fingerprint density at radius 2 is 1.96 bits per heavy atom. The third-order valence-corrected chi connectivity index (χ3v) is 6.25. The van der Waals surface area contributed by atoms with Crippen LogP contribution in [0.1, 0.15) is 58.2 Å². The molecule has 1 fully saturated rings. The number of aryl methyl sites for hydroxylation is 1. The fourth-order valence-corrected chi connectivity index (χ4v) is 4.78. The van der Waals surface area contributed by atoms with Crippen LogP contribution in [-0.4, -0.2) is 39.2 Å². The molecule has 0 spiro atoms. The number of thioether (sulfide) groups is 1. The summed E-state index contributed by atoms with van der Waals surface area (Å²) >= 11 is 1.61. The van der Waals surface area contributed by atoms with Gasteiger partial charge in [0.05, 0.1) is 11.9 Å². The maximum atomic E-state index is 13.1. The highest BCUT2D eigenvalue weighted by molar-refractivity contribution is 8.00. The number of ether oxygens (including phenoxy) is 1. The van der Waals surface area contributed by atoms with Gasteiger partial charge in [0.15, 0.2) is 0 Å². The lowest BCUT2D eigenvalue weighted by Gasteiger charge is -2.32. The standard InChI is InChI=1S/C20H28N2O3S/c1-19(2,3)25-18(24)22-12-26-20(4,5)16(22)17(23)21-15-11-10-13-8-6-7-9-14(13)15/h6-9,15-16H,10-12H2,1-5H3,(H,21,23)/t15-,16-/m1/s1. The van der Waals surface area contributed by atoms with E-state index >= 15 is 0 Å². The number of hydrogen-bond acceptors (Lipinski definition) is 4. The van der Waals surface area contributed by atoms with Crippen LogP contribution in [-0.2, 0) is 16.0 Å². The fourth-order valence-electron chi connectivity index (χ4n) is 3.66. The smallest absolute Gasteiger partial charge is 0.411 e. The molecule has 0 aromatic heterocycles. The maximum absolute atomic E-state index is 13.1. The lowest BCUT2D eigenvalue weighted by molar-refractivity contribution is -0.127. The van der Waals surface area contributed by atoms with Crippen molar-refractivity contribution in [2.75, 3.05) is 5.88 Å². The Morgan fingerprint density at radius 3 is 2.65 bits per heavy atom. The van der Waals surface area contributed by atoms with Crippen LogP contribution in [0.15, 0.2) is 24.3 Å². The van der Waals surface area contributed by atoms with E-state index in [9.17, 15) is 9.59 Å². The number of nitrogens with zero attached hydrogens (tertiary/aromatic N) is 1. The molecule has 1 aromatic rings. The van der Waals surface area contributed by atoms with Crippen LogP contribution in [0.4, 0.5) is 4.79 Å². The Morgan fingerprint density at radius 1 is 1.27 bits per heavy atom. The fraction of sp³-hybridized carbons (Fsp3) is 0.600. The summed E-state index contributed by atoms with van der Waals surface area (Å²) < 4.78 is 5.15. The van der Waals surface area contributed by atoms with Crippen molar-refractivity contribution in [2.24, 2.45) is 0 Å². The van der Waals surface area contributed by atoms with Gasteiger partial charge >= 0.3 is 6.09 Å². The molecular formula is C20H28N2O3S. The van der Waals surface area contributed by atoms with E-state index in [-0.39, 0.29) is 16.7 Å². The topological polar surface area (TPSA) is 58.6 Å². The summed E-state index contributed by atoms with van der Waals surface area (Å²) in [6, 6.07) is 7.70. The molecule has 1 aliphatic heterocycles. The second kappa shape index (κ2) is 6.80. The van der Waals surface area contributed by atoms with E-state index in [0.717, 1.165) is 12.8 Å². The Hall–Kier alpha value is -1.69. The minimum atomic E-state index is -0.583. The van der Waals surface area contributed by atoms with Gasteiger partial charge in [-0.05, 0) is 58.6 Å². The highest BCUT2D eigenvalue weighted by atomic mass is 32.2. The number of benzene rings is 1. The highest BCUT2D eigenvalue weighted by Gasteiger charge is 2.49.